The summed E-state index contributed by atoms with van der Waals surface area (Å²) in [5.74, 6) is 0.928. The number of hydrogen-bond donors (Lipinski definition) is 1. The molecule has 2 N–H and O–H groups in total. The quantitative estimate of drug-likeness (QED) is 0.835. The molecule has 0 radical (unpaired) electrons. The van der Waals surface area contributed by atoms with Gasteiger partial charge in [0.15, 0.2) is 0 Å². The van der Waals surface area contributed by atoms with Crippen LogP contribution in [0.2, 0.25) is 0 Å². The fraction of sp³-hybridized carbons (Fsp3) is 0.455. The van der Waals surface area contributed by atoms with Crippen molar-refractivity contribution in [2.45, 2.75) is 18.3 Å². The summed E-state index contributed by atoms with van der Waals surface area (Å²) in [6.07, 6.45) is 2.44. The Morgan fingerprint density at radius 2 is 2.14 bits per heavy atom. The van der Waals surface area contributed by atoms with E-state index in [0.29, 0.717) is 0 Å². The summed E-state index contributed by atoms with van der Waals surface area (Å²) in [6.45, 7) is 0.750. The normalized spacial score (nSPS) is 17.0. The lowest BCUT2D eigenvalue weighted by atomic mass is 9.96. The minimum Gasteiger partial charge on any atom is -0.497 e. The van der Waals surface area contributed by atoms with Crippen molar-refractivity contribution in [1.82, 2.24) is 0 Å². The largest absolute Gasteiger partial charge is 0.497 e. The van der Waals surface area contributed by atoms with E-state index in [2.05, 4.69) is 12.1 Å². The molecule has 2 nitrogen and oxygen atoms in total. The summed E-state index contributed by atoms with van der Waals surface area (Å²) in [5, 5.41) is 0. The highest BCUT2D eigenvalue weighted by atomic mass is 35.5. The molecule has 0 atom stereocenters. The van der Waals surface area contributed by atoms with Gasteiger partial charge in [-0.1, -0.05) is 12.1 Å². The topological polar surface area (TPSA) is 35.2 Å². The average Bonchev–Trinajstić information content (AvgIpc) is 2.99. The van der Waals surface area contributed by atoms with Crippen LogP contribution < -0.4 is 10.5 Å². The fourth-order valence-electron chi connectivity index (χ4n) is 1.71. The van der Waals surface area contributed by atoms with E-state index in [4.69, 9.17) is 10.5 Å². The van der Waals surface area contributed by atoms with Crippen molar-refractivity contribution >= 4 is 12.4 Å². The van der Waals surface area contributed by atoms with Crippen molar-refractivity contribution in [3.63, 3.8) is 0 Å². The molecule has 1 aliphatic rings. The number of methoxy groups -OCH3 is 1. The van der Waals surface area contributed by atoms with E-state index in [1.54, 1.807) is 7.11 Å². The zero-order valence-electron chi connectivity index (χ0n) is 8.32. The van der Waals surface area contributed by atoms with E-state index in [1.807, 2.05) is 12.1 Å². The van der Waals surface area contributed by atoms with Gasteiger partial charge in [-0.2, -0.15) is 0 Å². The Hall–Kier alpha value is -0.730. The van der Waals surface area contributed by atoms with Crippen LogP contribution in [0.1, 0.15) is 18.4 Å². The van der Waals surface area contributed by atoms with Crippen LogP contribution in [0.3, 0.4) is 0 Å². The van der Waals surface area contributed by atoms with Crippen molar-refractivity contribution in [3.05, 3.63) is 29.8 Å². The zero-order chi connectivity index (χ0) is 9.31. The highest BCUT2D eigenvalue weighted by Crippen LogP contribution is 2.47. The van der Waals surface area contributed by atoms with Gasteiger partial charge in [-0.05, 0) is 30.5 Å². The van der Waals surface area contributed by atoms with Crippen LogP contribution in [0.4, 0.5) is 0 Å². The first kappa shape index (κ1) is 11.3. The monoisotopic (exact) mass is 213 g/mol. The lowest BCUT2D eigenvalue weighted by molar-refractivity contribution is 0.413. The summed E-state index contributed by atoms with van der Waals surface area (Å²) >= 11 is 0. The molecule has 0 amide bonds. The molecule has 0 spiro atoms. The first-order valence-electron chi connectivity index (χ1n) is 4.65. The molecule has 14 heavy (non-hydrogen) atoms. The van der Waals surface area contributed by atoms with E-state index in [-0.39, 0.29) is 17.8 Å². The highest BCUT2D eigenvalue weighted by Gasteiger charge is 2.42. The third kappa shape index (κ3) is 1.86. The Morgan fingerprint density at radius 1 is 1.43 bits per heavy atom. The summed E-state index contributed by atoms with van der Waals surface area (Å²) in [7, 11) is 1.70. The van der Waals surface area contributed by atoms with E-state index in [9.17, 15) is 0 Å². The second kappa shape index (κ2) is 4.20. The molecule has 1 fully saturated rings. The SMILES string of the molecule is COc1cccc(C2(CN)CC2)c1.Cl. The highest BCUT2D eigenvalue weighted by molar-refractivity contribution is 5.85. The minimum absolute atomic E-state index is 0. The Bertz CT molecular complexity index is 310. The van der Waals surface area contributed by atoms with Crippen LogP contribution in [0.15, 0.2) is 24.3 Å². The van der Waals surface area contributed by atoms with Gasteiger partial charge < -0.3 is 10.5 Å². The first-order valence-corrected chi connectivity index (χ1v) is 4.65. The Labute approximate surface area is 90.9 Å². The van der Waals surface area contributed by atoms with Crippen LogP contribution in [0.5, 0.6) is 5.75 Å². The lowest BCUT2D eigenvalue weighted by Gasteiger charge is -2.13. The molecule has 1 aliphatic carbocycles. The molecule has 2 rings (SSSR count). The maximum absolute atomic E-state index is 5.75. The van der Waals surface area contributed by atoms with E-state index in [0.717, 1.165) is 12.3 Å². The predicted octanol–water partition coefficient (Wildman–Crippen LogP) is 2.11. The second-order valence-corrected chi connectivity index (χ2v) is 3.72. The molecule has 1 aromatic carbocycles. The van der Waals surface area contributed by atoms with Crippen molar-refractivity contribution in [1.29, 1.82) is 0 Å². The van der Waals surface area contributed by atoms with Crippen molar-refractivity contribution < 1.29 is 4.74 Å². The van der Waals surface area contributed by atoms with Gasteiger partial charge in [0.1, 0.15) is 5.75 Å². The molecule has 0 unspecified atom stereocenters. The predicted molar refractivity (Wildman–Crippen MR) is 60.2 cm³/mol. The Kier molecular flexibility index (Phi) is 3.40. The summed E-state index contributed by atoms with van der Waals surface area (Å²) < 4.78 is 5.18. The van der Waals surface area contributed by atoms with Gasteiger partial charge in [-0.25, -0.2) is 0 Å². The van der Waals surface area contributed by atoms with Gasteiger partial charge in [0.05, 0.1) is 7.11 Å². The van der Waals surface area contributed by atoms with Gasteiger partial charge >= 0.3 is 0 Å². The van der Waals surface area contributed by atoms with E-state index < -0.39 is 0 Å². The van der Waals surface area contributed by atoms with Crippen LogP contribution in [0, 0.1) is 0 Å². The number of nitrogens with two attached hydrogens (primary N) is 1. The molecular formula is C11H16ClNO. The van der Waals surface area contributed by atoms with Gasteiger partial charge in [-0.15, -0.1) is 12.4 Å². The number of hydrogen-bond acceptors (Lipinski definition) is 2. The van der Waals surface area contributed by atoms with Crippen molar-refractivity contribution in [2.75, 3.05) is 13.7 Å². The van der Waals surface area contributed by atoms with Crippen LogP contribution in [0.25, 0.3) is 0 Å². The molecule has 0 saturated heterocycles. The Morgan fingerprint density at radius 3 is 2.64 bits per heavy atom. The van der Waals surface area contributed by atoms with Gasteiger partial charge in [0.25, 0.3) is 0 Å². The first-order chi connectivity index (χ1) is 6.30. The maximum Gasteiger partial charge on any atom is 0.119 e. The fourth-order valence-corrected chi connectivity index (χ4v) is 1.71. The summed E-state index contributed by atoms with van der Waals surface area (Å²) in [5.41, 5.74) is 7.35. The molecule has 0 aliphatic heterocycles. The van der Waals surface area contributed by atoms with Gasteiger partial charge in [0.2, 0.25) is 0 Å². The summed E-state index contributed by atoms with van der Waals surface area (Å²) in [6, 6.07) is 8.24. The lowest BCUT2D eigenvalue weighted by Crippen LogP contribution is -2.19. The molecular weight excluding hydrogens is 198 g/mol. The van der Waals surface area contributed by atoms with Crippen molar-refractivity contribution in [2.24, 2.45) is 5.73 Å². The maximum atomic E-state index is 5.75. The molecule has 1 aromatic rings. The standard InChI is InChI=1S/C11H15NO.ClH/c1-13-10-4-2-3-9(7-10)11(8-12)5-6-11;/h2-4,7H,5-6,8,12H2,1H3;1H. The van der Waals surface area contributed by atoms with Crippen LogP contribution in [-0.4, -0.2) is 13.7 Å². The third-order valence-electron chi connectivity index (χ3n) is 2.93. The molecule has 0 bridgehead atoms. The Balaban J connectivity index is 0.000000980. The molecule has 1 saturated carbocycles. The number of halogens is 1. The number of ether oxygens (including phenoxy) is 1. The number of benzene rings is 1. The molecule has 78 valence electrons. The van der Waals surface area contributed by atoms with Crippen LogP contribution >= 0.6 is 12.4 Å². The third-order valence-corrected chi connectivity index (χ3v) is 2.93. The molecule has 3 heteroatoms. The smallest absolute Gasteiger partial charge is 0.119 e. The minimum atomic E-state index is 0. The molecule has 0 heterocycles. The van der Waals surface area contributed by atoms with Gasteiger partial charge in [0, 0.05) is 12.0 Å². The van der Waals surface area contributed by atoms with E-state index in [1.165, 1.54) is 18.4 Å². The summed E-state index contributed by atoms with van der Waals surface area (Å²) in [4.78, 5) is 0. The van der Waals surface area contributed by atoms with Crippen molar-refractivity contribution in [3.8, 4) is 5.75 Å². The van der Waals surface area contributed by atoms with E-state index >= 15 is 0 Å². The van der Waals surface area contributed by atoms with Gasteiger partial charge in [-0.3, -0.25) is 0 Å². The number of rotatable bonds is 3. The zero-order valence-corrected chi connectivity index (χ0v) is 9.14. The second-order valence-electron chi connectivity index (χ2n) is 3.72. The average molecular weight is 214 g/mol. The molecule has 0 aromatic heterocycles. The van der Waals surface area contributed by atoms with Crippen LogP contribution in [-0.2, 0) is 5.41 Å².